The molecule has 0 radical (unpaired) electrons. The molecule has 2 rings (SSSR count). The lowest BCUT2D eigenvalue weighted by Crippen LogP contribution is -2.31. The van der Waals surface area contributed by atoms with Gasteiger partial charge in [-0.05, 0) is 44.8 Å². The van der Waals surface area contributed by atoms with Gasteiger partial charge in [0.2, 0.25) is 0 Å². The van der Waals surface area contributed by atoms with Crippen LogP contribution in [-0.4, -0.2) is 24.5 Å². The number of hydrogen-bond donors (Lipinski definition) is 0. The van der Waals surface area contributed by atoms with Gasteiger partial charge in [0.05, 0.1) is 0 Å². The molecular weight excluding hydrogens is 158 g/mol. The van der Waals surface area contributed by atoms with Gasteiger partial charge in [-0.3, -0.25) is 0 Å². The molecule has 76 valence electrons. The highest BCUT2D eigenvalue weighted by Gasteiger charge is 2.16. The quantitative estimate of drug-likeness (QED) is 0.647. The number of piperidine rings is 1. The van der Waals surface area contributed by atoms with E-state index in [1.165, 1.54) is 71.0 Å². The minimum Gasteiger partial charge on any atom is -0.303 e. The summed E-state index contributed by atoms with van der Waals surface area (Å²) in [6, 6.07) is 0. The zero-order valence-electron chi connectivity index (χ0n) is 8.80. The molecule has 1 aliphatic heterocycles. The van der Waals surface area contributed by atoms with Gasteiger partial charge >= 0.3 is 0 Å². The summed E-state index contributed by atoms with van der Waals surface area (Å²) in [6.45, 7) is 4.16. The number of rotatable bonds is 3. The lowest BCUT2D eigenvalue weighted by atomic mass is 10.0. The van der Waals surface area contributed by atoms with Crippen LogP contribution < -0.4 is 0 Å². The van der Waals surface area contributed by atoms with Crippen molar-refractivity contribution in [3.8, 4) is 0 Å². The lowest BCUT2D eigenvalue weighted by Gasteiger charge is -2.27. The second kappa shape index (κ2) is 4.99. The van der Waals surface area contributed by atoms with E-state index in [0.29, 0.717) is 0 Å². The second-order valence-electron chi connectivity index (χ2n) is 4.84. The highest BCUT2D eigenvalue weighted by atomic mass is 15.1. The number of nitrogens with zero attached hydrogens (tertiary/aromatic N) is 1. The monoisotopic (exact) mass is 181 g/mol. The summed E-state index contributed by atoms with van der Waals surface area (Å²) >= 11 is 0. The Bertz CT molecular complexity index is 132. The summed E-state index contributed by atoms with van der Waals surface area (Å²) in [5.74, 6) is 1.09. The van der Waals surface area contributed by atoms with Gasteiger partial charge < -0.3 is 4.90 Å². The first-order valence-corrected chi connectivity index (χ1v) is 6.17. The smallest absolute Gasteiger partial charge is 0.00161 e. The van der Waals surface area contributed by atoms with Crippen LogP contribution in [0.5, 0.6) is 0 Å². The van der Waals surface area contributed by atoms with Crippen LogP contribution in [-0.2, 0) is 0 Å². The van der Waals surface area contributed by atoms with Gasteiger partial charge in [0.15, 0.2) is 0 Å². The summed E-state index contributed by atoms with van der Waals surface area (Å²) in [7, 11) is 0. The molecule has 0 atom stereocenters. The van der Waals surface area contributed by atoms with Gasteiger partial charge in [-0.2, -0.15) is 0 Å². The van der Waals surface area contributed by atoms with Gasteiger partial charge in [-0.15, -0.1) is 0 Å². The van der Waals surface area contributed by atoms with Crippen molar-refractivity contribution in [3.05, 3.63) is 0 Å². The minimum atomic E-state index is 1.09. The average Bonchev–Trinajstić information content (AvgIpc) is 2.69. The van der Waals surface area contributed by atoms with Crippen LogP contribution in [0.4, 0.5) is 0 Å². The maximum absolute atomic E-state index is 2.68. The summed E-state index contributed by atoms with van der Waals surface area (Å²) in [4.78, 5) is 2.68. The van der Waals surface area contributed by atoms with Crippen LogP contribution in [0.25, 0.3) is 0 Å². The molecule has 0 bridgehead atoms. The lowest BCUT2D eigenvalue weighted by molar-refractivity contribution is 0.213. The maximum Gasteiger partial charge on any atom is -0.00161 e. The Balaban J connectivity index is 1.60. The summed E-state index contributed by atoms with van der Waals surface area (Å²) in [5.41, 5.74) is 0. The maximum atomic E-state index is 2.68. The Morgan fingerprint density at radius 1 is 0.846 bits per heavy atom. The predicted molar refractivity (Wildman–Crippen MR) is 56.9 cm³/mol. The highest BCUT2D eigenvalue weighted by Crippen LogP contribution is 2.27. The first-order valence-electron chi connectivity index (χ1n) is 6.17. The molecule has 1 heterocycles. The van der Waals surface area contributed by atoms with Gasteiger partial charge in [0.1, 0.15) is 0 Å². The predicted octanol–water partition coefficient (Wildman–Crippen LogP) is 3.05. The van der Waals surface area contributed by atoms with Crippen LogP contribution in [0.3, 0.4) is 0 Å². The standard InChI is InChI=1S/C12H23N/c1-4-9-13(10-5-1)11-8-12-6-2-3-7-12/h12H,1-11H2. The van der Waals surface area contributed by atoms with Crippen LogP contribution in [0, 0.1) is 5.92 Å². The van der Waals surface area contributed by atoms with Crippen molar-refractivity contribution in [1.29, 1.82) is 0 Å². The molecule has 1 aliphatic carbocycles. The van der Waals surface area contributed by atoms with E-state index >= 15 is 0 Å². The fourth-order valence-electron chi connectivity index (χ4n) is 2.85. The first kappa shape index (κ1) is 9.51. The van der Waals surface area contributed by atoms with E-state index in [1.54, 1.807) is 0 Å². The zero-order chi connectivity index (χ0) is 8.93. The molecule has 0 aromatic rings. The van der Waals surface area contributed by atoms with E-state index in [-0.39, 0.29) is 0 Å². The summed E-state index contributed by atoms with van der Waals surface area (Å²) < 4.78 is 0. The van der Waals surface area contributed by atoms with E-state index in [1.807, 2.05) is 0 Å². The van der Waals surface area contributed by atoms with Gasteiger partial charge in [0.25, 0.3) is 0 Å². The van der Waals surface area contributed by atoms with Crippen molar-refractivity contribution in [1.82, 2.24) is 4.90 Å². The molecule has 1 saturated heterocycles. The van der Waals surface area contributed by atoms with Crippen molar-refractivity contribution in [3.63, 3.8) is 0 Å². The topological polar surface area (TPSA) is 3.24 Å². The Kier molecular flexibility index (Phi) is 3.65. The third-order valence-electron chi connectivity index (χ3n) is 3.78. The molecule has 1 saturated carbocycles. The average molecular weight is 181 g/mol. The zero-order valence-corrected chi connectivity index (χ0v) is 8.80. The van der Waals surface area contributed by atoms with Crippen LogP contribution in [0.15, 0.2) is 0 Å². The normalized spacial score (nSPS) is 26.8. The number of hydrogen-bond acceptors (Lipinski definition) is 1. The Hall–Kier alpha value is -0.0400. The minimum absolute atomic E-state index is 1.09. The van der Waals surface area contributed by atoms with Crippen molar-refractivity contribution in [2.45, 2.75) is 51.4 Å². The highest BCUT2D eigenvalue weighted by molar-refractivity contribution is 4.71. The molecule has 0 N–H and O–H groups in total. The van der Waals surface area contributed by atoms with Gasteiger partial charge in [-0.1, -0.05) is 32.1 Å². The van der Waals surface area contributed by atoms with E-state index in [2.05, 4.69) is 4.90 Å². The van der Waals surface area contributed by atoms with Gasteiger partial charge in [0, 0.05) is 0 Å². The molecule has 2 fully saturated rings. The molecule has 0 aromatic carbocycles. The molecule has 13 heavy (non-hydrogen) atoms. The first-order chi connectivity index (χ1) is 6.45. The second-order valence-corrected chi connectivity index (χ2v) is 4.84. The molecule has 0 spiro atoms. The fraction of sp³-hybridized carbons (Fsp3) is 1.00. The Morgan fingerprint density at radius 2 is 1.54 bits per heavy atom. The van der Waals surface area contributed by atoms with Crippen molar-refractivity contribution >= 4 is 0 Å². The molecule has 1 nitrogen and oxygen atoms in total. The van der Waals surface area contributed by atoms with E-state index in [9.17, 15) is 0 Å². The third kappa shape index (κ3) is 2.98. The molecule has 1 heteroatoms. The third-order valence-corrected chi connectivity index (χ3v) is 3.78. The van der Waals surface area contributed by atoms with Crippen molar-refractivity contribution in [2.24, 2.45) is 5.92 Å². The van der Waals surface area contributed by atoms with Crippen molar-refractivity contribution in [2.75, 3.05) is 19.6 Å². The fourth-order valence-corrected chi connectivity index (χ4v) is 2.85. The van der Waals surface area contributed by atoms with E-state index in [0.717, 1.165) is 5.92 Å². The molecular formula is C12H23N. The largest absolute Gasteiger partial charge is 0.303 e. The van der Waals surface area contributed by atoms with E-state index in [4.69, 9.17) is 0 Å². The molecule has 0 aromatic heterocycles. The van der Waals surface area contributed by atoms with Crippen molar-refractivity contribution < 1.29 is 0 Å². The molecule has 2 aliphatic rings. The van der Waals surface area contributed by atoms with Crippen LogP contribution >= 0.6 is 0 Å². The number of likely N-dealkylation sites (tertiary alicyclic amines) is 1. The summed E-state index contributed by atoms with van der Waals surface area (Å²) in [6.07, 6.45) is 11.9. The Labute approximate surface area is 82.5 Å². The molecule has 0 unspecified atom stereocenters. The van der Waals surface area contributed by atoms with E-state index < -0.39 is 0 Å². The summed E-state index contributed by atoms with van der Waals surface area (Å²) in [5, 5.41) is 0. The molecule has 0 amide bonds. The SMILES string of the molecule is C1CCN(CCC2CCCC2)CC1. The van der Waals surface area contributed by atoms with Crippen LogP contribution in [0.2, 0.25) is 0 Å². The van der Waals surface area contributed by atoms with Crippen LogP contribution in [0.1, 0.15) is 51.4 Å². The van der Waals surface area contributed by atoms with Gasteiger partial charge in [-0.25, -0.2) is 0 Å². The Morgan fingerprint density at radius 3 is 2.23 bits per heavy atom.